The highest BCUT2D eigenvalue weighted by Crippen LogP contribution is 2.19. The van der Waals surface area contributed by atoms with Gasteiger partial charge in [-0.3, -0.25) is 9.69 Å². The van der Waals surface area contributed by atoms with Gasteiger partial charge in [-0.05, 0) is 31.2 Å². The van der Waals surface area contributed by atoms with Gasteiger partial charge in [0.15, 0.2) is 0 Å². The fourth-order valence-electron chi connectivity index (χ4n) is 2.28. The molecule has 0 radical (unpaired) electrons. The van der Waals surface area contributed by atoms with Gasteiger partial charge in [-0.25, -0.2) is 9.97 Å². The van der Waals surface area contributed by atoms with Crippen molar-refractivity contribution in [2.24, 2.45) is 5.92 Å². The number of nitrogens with zero attached hydrogens (tertiary/aromatic N) is 3. The van der Waals surface area contributed by atoms with Crippen molar-refractivity contribution >= 4 is 11.9 Å². The van der Waals surface area contributed by atoms with Crippen molar-refractivity contribution in [2.45, 2.75) is 66.3 Å². The molecule has 0 spiro atoms. The van der Waals surface area contributed by atoms with Crippen molar-refractivity contribution in [2.75, 3.05) is 4.90 Å². The minimum absolute atomic E-state index is 0.127. The smallest absolute Gasteiger partial charge is 0.232 e. The van der Waals surface area contributed by atoms with Gasteiger partial charge in [0.25, 0.3) is 0 Å². The number of hydrogen-bond donors (Lipinski definition) is 0. The molecule has 0 atom stereocenters. The van der Waals surface area contributed by atoms with Crippen LogP contribution >= 0.6 is 0 Å². The maximum Gasteiger partial charge on any atom is 0.232 e. The third-order valence-corrected chi connectivity index (χ3v) is 3.44. The third-order valence-electron chi connectivity index (χ3n) is 3.44. The Hall–Kier alpha value is -1.45. The van der Waals surface area contributed by atoms with Gasteiger partial charge in [0.1, 0.15) is 0 Å². The first-order chi connectivity index (χ1) is 9.53. The van der Waals surface area contributed by atoms with Crippen LogP contribution in [0.25, 0.3) is 0 Å². The van der Waals surface area contributed by atoms with Crippen LogP contribution in [-0.2, 0) is 11.2 Å². The summed E-state index contributed by atoms with van der Waals surface area (Å²) in [6, 6.07) is 2.08. The molecule has 1 aromatic rings. The molecular formula is C16H27N3O. The third kappa shape index (κ3) is 4.29. The summed E-state index contributed by atoms with van der Waals surface area (Å²) in [4.78, 5) is 23.2. The number of aryl methyl sites for hydroxylation is 1. The Morgan fingerprint density at radius 1 is 1.25 bits per heavy atom. The van der Waals surface area contributed by atoms with Gasteiger partial charge in [-0.15, -0.1) is 0 Å². The van der Waals surface area contributed by atoms with Gasteiger partial charge in [0.2, 0.25) is 11.9 Å². The van der Waals surface area contributed by atoms with Crippen LogP contribution in [0.2, 0.25) is 0 Å². The lowest BCUT2D eigenvalue weighted by Gasteiger charge is -2.29. The van der Waals surface area contributed by atoms with Gasteiger partial charge < -0.3 is 0 Å². The number of carbonyl (C=O) groups excluding carboxylic acids is 1. The van der Waals surface area contributed by atoms with E-state index < -0.39 is 0 Å². The minimum atomic E-state index is 0.127. The zero-order valence-electron chi connectivity index (χ0n) is 13.4. The fraction of sp³-hybridized carbons (Fsp3) is 0.688. The van der Waals surface area contributed by atoms with Crippen molar-refractivity contribution in [1.82, 2.24) is 9.97 Å². The fourth-order valence-corrected chi connectivity index (χ4v) is 2.28. The summed E-state index contributed by atoms with van der Waals surface area (Å²) in [6.45, 7) is 10.4. The number of carbonyl (C=O) groups is 1. The van der Waals surface area contributed by atoms with E-state index in [1.807, 2.05) is 6.07 Å². The highest BCUT2D eigenvalue weighted by atomic mass is 16.2. The van der Waals surface area contributed by atoms with E-state index in [1.165, 1.54) is 0 Å². The Balaban J connectivity index is 3.11. The summed E-state index contributed by atoms with van der Waals surface area (Å²) in [5.74, 6) is 1.03. The average Bonchev–Trinajstić information content (AvgIpc) is 2.43. The summed E-state index contributed by atoms with van der Waals surface area (Å²) in [7, 11) is 0. The van der Waals surface area contributed by atoms with Crippen molar-refractivity contribution in [1.29, 1.82) is 0 Å². The minimum Gasteiger partial charge on any atom is -0.278 e. The van der Waals surface area contributed by atoms with Gasteiger partial charge in [-0.1, -0.05) is 34.6 Å². The van der Waals surface area contributed by atoms with E-state index >= 15 is 0 Å². The molecule has 0 aliphatic rings. The SMILES string of the molecule is CCc1ccnc(N(C(=O)CC(C)C)C(CC)CC)n1. The lowest BCUT2D eigenvalue weighted by atomic mass is 10.1. The Morgan fingerprint density at radius 2 is 1.90 bits per heavy atom. The molecule has 1 heterocycles. The molecule has 0 N–H and O–H groups in total. The van der Waals surface area contributed by atoms with Crippen LogP contribution in [0.5, 0.6) is 0 Å². The molecule has 0 saturated heterocycles. The van der Waals surface area contributed by atoms with Crippen molar-refractivity contribution in [3.05, 3.63) is 18.0 Å². The van der Waals surface area contributed by atoms with Crippen LogP contribution < -0.4 is 4.90 Å². The standard InChI is InChI=1S/C16H27N3O/c1-6-13-9-10-17-16(18-13)19(14(7-2)8-3)15(20)11-12(4)5/h9-10,12,14H,6-8,11H2,1-5H3. The van der Waals surface area contributed by atoms with E-state index in [0.29, 0.717) is 18.3 Å². The van der Waals surface area contributed by atoms with Crippen molar-refractivity contribution in [3.63, 3.8) is 0 Å². The summed E-state index contributed by atoms with van der Waals surface area (Å²) < 4.78 is 0. The largest absolute Gasteiger partial charge is 0.278 e. The molecule has 1 amide bonds. The quantitative estimate of drug-likeness (QED) is 0.765. The average molecular weight is 277 g/mol. The second-order valence-electron chi connectivity index (χ2n) is 5.53. The van der Waals surface area contributed by atoms with Crippen molar-refractivity contribution < 1.29 is 4.79 Å². The van der Waals surface area contributed by atoms with Gasteiger partial charge in [0, 0.05) is 24.4 Å². The molecule has 0 aromatic carbocycles. The van der Waals surface area contributed by atoms with Crippen LogP contribution in [0.3, 0.4) is 0 Å². The first-order valence-corrected chi connectivity index (χ1v) is 7.67. The lowest BCUT2D eigenvalue weighted by molar-refractivity contribution is -0.119. The van der Waals surface area contributed by atoms with Crippen LogP contribution in [0.1, 0.15) is 59.6 Å². The summed E-state index contributed by atoms with van der Waals surface area (Å²) in [5, 5.41) is 0. The highest BCUT2D eigenvalue weighted by molar-refractivity contribution is 5.92. The Morgan fingerprint density at radius 3 is 2.40 bits per heavy atom. The first kappa shape index (κ1) is 16.6. The summed E-state index contributed by atoms with van der Waals surface area (Å²) >= 11 is 0. The second-order valence-corrected chi connectivity index (χ2v) is 5.53. The number of rotatable bonds is 7. The Labute approximate surface area is 122 Å². The molecular weight excluding hydrogens is 250 g/mol. The zero-order valence-corrected chi connectivity index (χ0v) is 13.4. The molecule has 4 nitrogen and oxygen atoms in total. The maximum atomic E-state index is 12.6. The molecule has 112 valence electrons. The molecule has 0 aliphatic carbocycles. The van der Waals surface area contributed by atoms with Gasteiger partial charge >= 0.3 is 0 Å². The molecule has 0 fully saturated rings. The number of amides is 1. The Kier molecular flexibility index (Phi) is 6.62. The number of anilines is 1. The van der Waals surface area contributed by atoms with Crippen LogP contribution in [0.4, 0.5) is 5.95 Å². The summed E-state index contributed by atoms with van der Waals surface area (Å²) in [6.07, 6.45) is 4.97. The zero-order chi connectivity index (χ0) is 15.1. The molecule has 0 unspecified atom stereocenters. The molecule has 1 aromatic heterocycles. The molecule has 4 heteroatoms. The highest BCUT2D eigenvalue weighted by Gasteiger charge is 2.25. The second kappa shape index (κ2) is 7.98. The predicted molar refractivity (Wildman–Crippen MR) is 82.7 cm³/mol. The first-order valence-electron chi connectivity index (χ1n) is 7.67. The Bertz CT molecular complexity index is 427. The predicted octanol–water partition coefficient (Wildman–Crippen LogP) is 3.61. The molecule has 0 aliphatic heterocycles. The molecule has 0 saturated carbocycles. The topological polar surface area (TPSA) is 46.1 Å². The maximum absolute atomic E-state index is 12.6. The number of hydrogen-bond acceptors (Lipinski definition) is 3. The van der Waals surface area contributed by atoms with E-state index in [2.05, 4.69) is 44.6 Å². The van der Waals surface area contributed by atoms with Crippen LogP contribution in [0, 0.1) is 5.92 Å². The van der Waals surface area contributed by atoms with E-state index in [1.54, 1.807) is 11.1 Å². The molecule has 1 rings (SSSR count). The van der Waals surface area contributed by atoms with Gasteiger partial charge in [-0.2, -0.15) is 0 Å². The molecule has 20 heavy (non-hydrogen) atoms. The number of aromatic nitrogens is 2. The van der Waals surface area contributed by atoms with Crippen molar-refractivity contribution in [3.8, 4) is 0 Å². The normalized spacial score (nSPS) is 11.2. The van der Waals surface area contributed by atoms with E-state index in [0.717, 1.165) is 25.0 Å². The monoisotopic (exact) mass is 277 g/mol. The van der Waals surface area contributed by atoms with E-state index in [4.69, 9.17) is 0 Å². The van der Waals surface area contributed by atoms with Gasteiger partial charge in [0.05, 0.1) is 0 Å². The lowest BCUT2D eigenvalue weighted by Crippen LogP contribution is -2.41. The summed E-state index contributed by atoms with van der Waals surface area (Å²) in [5.41, 5.74) is 0.975. The van der Waals surface area contributed by atoms with Crippen LogP contribution in [-0.4, -0.2) is 21.9 Å². The molecule has 0 bridgehead atoms. The van der Waals surface area contributed by atoms with E-state index in [-0.39, 0.29) is 11.9 Å². The van der Waals surface area contributed by atoms with Crippen LogP contribution in [0.15, 0.2) is 12.3 Å². The van der Waals surface area contributed by atoms with E-state index in [9.17, 15) is 4.79 Å².